The molecule has 0 atom stereocenters. The van der Waals surface area contributed by atoms with Crippen molar-refractivity contribution in [2.75, 3.05) is 12.4 Å². The van der Waals surface area contributed by atoms with Crippen LogP contribution in [0.2, 0.25) is 0 Å². The molecule has 0 saturated carbocycles. The van der Waals surface area contributed by atoms with E-state index in [0.717, 1.165) is 0 Å². The van der Waals surface area contributed by atoms with Gasteiger partial charge in [-0.2, -0.15) is 4.98 Å². The maximum absolute atomic E-state index is 13.1. The van der Waals surface area contributed by atoms with Gasteiger partial charge in [0.1, 0.15) is 11.6 Å². The summed E-state index contributed by atoms with van der Waals surface area (Å²) in [6.07, 6.45) is 0. The number of amides is 1. The summed E-state index contributed by atoms with van der Waals surface area (Å²) in [4.78, 5) is 17.0. The van der Waals surface area contributed by atoms with Gasteiger partial charge in [-0.05, 0) is 54.6 Å². The number of halogens is 1. The van der Waals surface area contributed by atoms with Crippen LogP contribution in [-0.4, -0.2) is 23.2 Å². The standard InChI is InChI=1S/C22H16FN3O3/c1-28-19-8-3-2-7-18(19)24-21(27)15-5-4-6-16(13-15)22-25-20(26-29-22)14-9-11-17(23)12-10-14/h2-13H,1H3,(H,24,27). The van der Waals surface area contributed by atoms with E-state index in [1.165, 1.54) is 12.1 Å². The molecule has 4 rings (SSSR count). The molecular formula is C22H16FN3O3. The summed E-state index contributed by atoms with van der Waals surface area (Å²) >= 11 is 0. The molecule has 0 spiro atoms. The van der Waals surface area contributed by atoms with E-state index in [0.29, 0.717) is 34.0 Å². The molecule has 0 fully saturated rings. The van der Waals surface area contributed by atoms with Crippen molar-refractivity contribution in [1.29, 1.82) is 0 Å². The number of benzene rings is 3. The Bertz CT molecular complexity index is 1160. The van der Waals surface area contributed by atoms with Crippen LogP contribution >= 0.6 is 0 Å². The van der Waals surface area contributed by atoms with E-state index < -0.39 is 0 Å². The normalized spacial score (nSPS) is 10.6. The van der Waals surface area contributed by atoms with E-state index in [1.54, 1.807) is 55.6 Å². The third-order valence-electron chi connectivity index (χ3n) is 4.26. The van der Waals surface area contributed by atoms with Gasteiger partial charge in [0.05, 0.1) is 12.8 Å². The monoisotopic (exact) mass is 389 g/mol. The first-order chi connectivity index (χ1) is 14.1. The smallest absolute Gasteiger partial charge is 0.258 e. The van der Waals surface area contributed by atoms with E-state index in [-0.39, 0.29) is 17.6 Å². The van der Waals surface area contributed by atoms with Gasteiger partial charge >= 0.3 is 0 Å². The molecule has 1 heterocycles. The molecule has 6 nitrogen and oxygen atoms in total. The van der Waals surface area contributed by atoms with Gasteiger partial charge in [0, 0.05) is 16.7 Å². The molecule has 1 amide bonds. The minimum Gasteiger partial charge on any atom is -0.495 e. The topological polar surface area (TPSA) is 77.2 Å². The number of rotatable bonds is 5. The number of anilines is 1. The van der Waals surface area contributed by atoms with Crippen molar-refractivity contribution in [3.63, 3.8) is 0 Å². The van der Waals surface area contributed by atoms with Gasteiger partial charge in [-0.1, -0.05) is 23.4 Å². The summed E-state index contributed by atoms with van der Waals surface area (Å²) < 4.78 is 23.7. The predicted octanol–water partition coefficient (Wildman–Crippen LogP) is 4.80. The molecule has 144 valence electrons. The Morgan fingerprint density at radius 2 is 1.79 bits per heavy atom. The summed E-state index contributed by atoms with van der Waals surface area (Å²) in [6, 6.07) is 19.8. The first-order valence-electron chi connectivity index (χ1n) is 8.78. The van der Waals surface area contributed by atoms with Crippen LogP contribution in [0, 0.1) is 5.82 Å². The first kappa shape index (κ1) is 18.4. The number of nitrogens with one attached hydrogen (secondary N) is 1. The number of hydrogen-bond acceptors (Lipinski definition) is 5. The van der Waals surface area contributed by atoms with Crippen LogP contribution in [0.15, 0.2) is 77.3 Å². The zero-order valence-electron chi connectivity index (χ0n) is 15.4. The van der Waals surface area contributed by atoms with Gasteiger partial charge in [0.25, 0.3) is 11.8 Å². The molecule has 0 aliphatic heterocycles. The highest BCUT2D eigenvalue weighted by Crippen LogP contribution is 2.26. The second kappa shape index (κ2) is 7.93. The highest BCUT2D eigenvalue weighted by Gasteiger charge is 2.14. The fourth-order valence-electron chi connectivity index (χ4n) is 2.79. The zero-order chi connectivity index (χ0) is 20.2. The van der Waals surface area contributed by atoms with Crippen LogP contribution in [-0.2, 0) is 0 Å². The lowest BCUT2D eigenvalue weighted by Crippen LogP contribution is -2.12. The molecule has 0 radical (unpaired) electrons. The van der Waals surface area contributed by atoms with Gasteiger partial charge in [0.2, 0.25) is 5.82 Å². The molecule has 0 bridgehead atoms. The minimum atomic E-state index is -0.341. The third kappa shape index (κ3) is 3.98. The number of carbonyl (C=O) groups is 1. The second-order valence-corrected chi connectivity index (χ2v) is 6.17. The largest absolute Gasteiger partial charge is 0.495 e. The Morgan fingerprint density at radius 3 is 2.59 bits per heavy atom. The quantitative estimate of drug-likeness (QED) is 0.530. The number of hydrogen-bond donors (Lipinski definition) is 1. The minimum absolute atomic E-state index is 0.260. The van der Waals surface area contributed by atoms with Gasteiger partial charge in [0.15, 0.2) is 0 Å². The molecule has 0 unspecified atom stereocenters. The second-order valence-electron chi connectivity index (χ2n) is 6.17. The Morgan fingerprint density at radius 1 is 1.00 bits per heavy atom. The maximum atomic E-state index is 13.1. The van der Waals surface area contributed by atoms with Crippen molar-refractivity contribution < 1.29 is 18.4 Å². The fourth-order valence-corrected chi connectivity index (χ4v) is 2.79. The van der Waals surface area contributed by atoms with Crippen molar-refractivity contribution in [3.8, 4) is 28.6 Å². The van der Waals surface area contributed by atoms with Crippen molar-refractivity contribution in [2.24, 2.45) is 0 Å². The molecule has 3 aromatic carbocycles. The van der Waals surface area contributed by atoms with Crippen molar-refractivity contribution >= 4 is 11.6 Å². The zero-order valence-corrected chi connectivity index (χ0v) is 15.4. The van der Waals surface area contributed by atoms with Crippen molar-refractivity contribution in [1.82, 2.24) is 10.1 Å². The Balaban J connectivity index is 1.57. The van der Waals surface area contributed by atoms with Gasteiger partial charge < -0.3 is 14.6 Å². The molecule has 1 N–H and O–H groups in total. The van der Waals surface area contributed by atoms with Crippen LogP contribution < -0.4 is 10.1 Å². The number of carbonyl (C=O) groups excluding carboxylic acids is 1. The number of para-hydroxylation sites is 2. The van der Waals surface area contributed by atoms with E-state index in [9.17, 15) is 9.18 Å². The summed E-state index contributed by atoms with van der Waals surface area (Å²) in [5.74, 6) is 0.527. The van der Waals surface area contributed by atoms with Crippen LogP contribution in [0.5, 0.6) is 5.75 Å². The highest BCUT2D eigenvalue weighted by molar-refractivity contribution is 6.05. The predicted molar refractivity (Wildman–Crippen MR) is 106 cm³/mol. The molecule has 7 heteroatoms. The Hall–Kier alpha value is -4.00. The lowest BCUT2D eigenvalue weighted by Gasteiger charge is -2.10. The number of ether oxygens (including phenoxy) is 1. The van der Waals surface area contributed by atoms with Crippen LogP contribution in [0.1, 0.15) is 10.4 Å². The SMILES string of the molecule is COc1ccccc1NC(=O)c1cccc(-c2nc(-c3ccc(F)cc3)no2)c1. The fraction of sp³-hybridized carbons (Fsp3) is 0.0455. The lowest BCUT2D eigenvalue weighted by molar-refractivity contribution is 0.102. The summed E-state index contributed by atoms with van der Waals surface area (Å²) in [7, 11) is 1.54. The maximum Gasteiger partial charge on any atom is 0.258 e. The summed E-state index contributed by atoms with van der Waals surface area (Å²) in [5.41, 5.74) is 2.22. The molecule has 4 aromatic rings. The van der Waals surface area contributed by atoms with Crippen LogP contribution in [0.25, 0.3) is 22.8 Å². The number of aromatic nitrogens is 2. The molecular weight excluding hydrogens is 373 g/mol. The molecule has 0 aliphatic rings. The summed E-state index contributed by atoms with van der Waals surface area (Å²) in [5, 5.41) is 6.76. The van der Waals surface area contributed by atoms with Crippen LogP contribution in [0.3, 0.4) is 0 Å². The van der Waals surface area contributed by atoms with Crippen molar-refractivity contribution in [2.45, 2.75) is 0 Å². The average molecular weight is 389 g/mol. The Labute approximate surface area is 166 Å². The third-order valence-corrected chi connectivity index (χ3v) is 4.26. The van der Waals surface area contributed by atoms with E-state index in [2.05, 4.69) is 15.5 Å². The lowest BCUT2D eigenvalue weighted by atomic mass is 10.1. The molecule has 0 aliphatic carbocycles. The van der Waals surface area contributed by atoms with E-state index >= 15 is 0 Å². The van der Waals surface area contributed by atoms with E-state index in [1.807, 2.05) is 12.1 Å². The average Bonchev–Trinajstić information content (AvgIpc) is 3.25. The highest BCUT2D eigenvalue weighted by atomic mass is 19.1. The first-order valence-corrected chi connectivity index (χ1v) is 8.78. The summed E-state index contributed by atoms with van der Waals surface area (Å²) in [6.45, 7) is 0. The Kier molecular flexibility index (Phi) is 5.03. The molecule has 1 aromatic heterocycles. The molecule has 0 saturated heterocycles. The number of methoxy groups -OCH3 is 1. The number of nitrogens with zero attached hydrogens (tertiary/aromatic N) is 2. The van der Waals surface area contributed by atoms with Crippen LogP contribution in [0.4, 0.5) is 10.1 Å². The van der Waals surface area contributed by atoms with Crippen molar-refractivity contribution in [3.05, 3.63) is 84.2 Å². The van der Waals surface area contributed by atoms with Gasteiger partial charge in [-0.3, -0.25) is 4.79 Å². The van der Waals surface area contributed by atoms with Gasteiger partial charge in [-0.15, -0.1) is 0 Å². The van der Waals surface area contributed by atoms with Gasteiger partial charge in [-0.25, -0.2) is 4.39 Å². The van der Waals surface area contributed by atoms with E-state index in [4.69, 9.17) is 9.26 Å². The molecule has 29 heavy (non-hydrogen) atoms.